The lowest BCUT2D eigenvalue weighted by molar-refractivity contribution is 0.403. The predicted molar refractivity (Wildman–Crippen MR) is 71.8 cm³/mol. The summed E-state index contributed by atoms with van der Waals surface area (Å²) >= 11 is 6.04. The van der Waals surface area contributed by atoms with E-state index in [0.717, 1.165) is 16.1 Å². The van der Waals surface area contributed by atoms with Crippen LogP contribution in [0.25, 0.3) is 0 Å². The van der Waals surface area contributed by atoms with Gasteiger partial charge in [0.15, 0.2) is 11.5 Å². The zero-order chi connectivity index (χ0) is 13.0. The predicted octanol–water partition coefficient (Wildman–Crippen LogP) is 3.04. The van der Waals surface area contributed by atoms with Gasteiger partial charge in [-0.1, -0.05) is 35.9 Å². The van der Waals surface area contributed by atoms with Crippen LogP contribution in [0.1, 0.15) is 11.1 Å². The van der Waals surface area contributed by atoms with Crippen LogP contribution in [0.3, 0.4) is 0 Å². The Balaban J connectivity index is 1.92. The zero-order valence-corrected chi connectivity index (χ0v) is 10.5. The minimum absolute atomic E-state index is 0.105. The van der Waals surface area contributed by atoms with Crippen LogP contribution in [-0.4, -0.2) is 10.2 Å². The number of benzene rings is 2. The van der Waals surface area contributed by atoms with Crippen molar-refractivity contribution in [1.82, 2.24) is 5.32 Å². The highest BCUT2D eigenvalue weighted by molar-refractivity contribution is 6.31. The van der Waals surface area contributed by atoms with E-state index in [9.17, 15) is 10.2 Å². The topological polar surface area (TPSA) is 52.5 Å². The summed E-state index contributed by atoms with van der Waals surface area (Å²) in [6.45, 7) is 1.25. The first kappa shape index (κ1) is 12.7. The van der Waals surface area contributed by atoms with E-state index < -0.39 is 0 Å². The molecule has 0 fully saturated rings. The molecule has 18 heavy (non-hydrogen) atoms. The molecule has 3 N–H and O–H groups in total. The zero-order valence-electron chi connectivity index (χ0n) is 9.73. The molecule has 0 unspecified atom stereocenters. The Morgan fingerprint density at radius 3 is 2.44 bits per heavy atom. The molecule has 0 saturated carbocycles. The SMILES string of the molecule is Oc1ccc(CNCc2ccccc2Cl)cc1O. The van der Waals surface area contributed by atoms with Crippen molar-refractivity contribution in [2.75, 3.05) is 0 Å². The monoisotopic (exact) mass is 263 g/mol. The summed E-state index contributed by atoms with van der Waals surface area (Å²) < 4.78 is 0. The molecule has 94 valence electrons. The Kier molecular flexibility index (Phi) is 4.07. The second-order valence-corrected chi connectivity index (χ2v) is 4.43. The average Bonchev–Trinajstić information content (AvgIpc) is 2.36. The Labute approximate surface area is 111 Å². The van der Waals surface area contributed by atoms with Crippen LogP contribution in [0.5, 0.6) is 11.5 Å². The molecule has 0 saturated heterocycles. The molecule has 2 aromatic carbocycles. The molecule has 2 aromatic rings. The van der Waals surface area contributed by atoms with Gasteiger partial charge >= 0.3 is 0 Å². The third-order valence-corrected chi connectivity index (χ3v) is 3.01. The van der Waals surface area contributed by atoms with Crippen LogP contribution in [0, 0.1) is 0 Å². The van der Waals surface area contributed by atoms with E-state index in [1.165, 1.54) is 12.1 Å². The van der Waals surface area contributed by atoms with E-state index in [-0.39, 0.29) is 11.5 Å². The van der Waals surface area contributed by atoms with Gasteiger partial charge in [0.2, 0.25) is 0 Å². The Morgan fingerprint density at radius 2 is 1.72 bits per heavy atom. The summed E-state index contributed by atoms with van der Waals surface area (Å²) in [5, 5.41) is 22.5. The minimum atomic E-state index is -0.107. The molecular weight excluding hydrogens is 250 g/mol. The smallest absolute Gasteiger partial charge is 0.157 e. The molecule has 3 nitrogen and oxygen atoms in total. The summed E-state index contributed by atoms with van der Waals surface area (Å²) in [4.78, 5) is 0. The van der Waals surface area contributed by atoms with Crippen molar-refractivity contribution in [3.8, 4) is 11.5 Å². The molecular formula is C14H14ClNO2. The van der Waals surface area contributed by atoms with Crippen molar-refractivity contribution >= 4 is 11.6 Å². The quantitative estimate of drug-likeness (QED) is 0.743. The van der Waals surface area contributed by atoms with Gasteiger partial charge < -0.3 is 15.5 Å². The second-order valence-electron chi connectivity index (χ2n) is 4.02. The number of halogens is 1. The molecule has 0 amide bonds. The Hall–Kier alpha value is -1.71. The molecule has 0 aliphatic carbocycles. The van der Waals surface area contributed by atoms with Gasteiger partial charge in [0.25, 0.3) is 0 Å². The van der Waals surface area contributed by atoms with E-state index in [1.807, 2.05) is 24.3 Å². The maximum Gasteiger partial charge on any atom is 0.157 e. The maximum absolute atomic E-state index is 9.36. The van der Waals surface area contributed by atoms with Gasteiger partial charge in [0, 0.05) is 18.1 Å². The van der Waals surface area contributed by atoms with Crippen LogP contribution >= 0.6 is 11.6 Å². The minimum Gasteiger partial charge on any atom is -0.504 e. The summed E-state index contributed by atoms with van der Waals surface area (Å²) in [5.74, 6) is -0.211. The molecule has 0 aliphatic rings. The third-order valence-electron chi connectivity index (χ3n) is 2.64. The first-order chi connectivity index (χ1) is 8.66. The van der Waals surface area contributed by atoms with Crippen molar-refractivity contribution < 1.29 is 10.2 Å². The van der Waals surface area contributed by atoms with Crippen molar-refractivity contribution in [3.05, 3.63) is 58.6 Å². The average molecular weight is 264 g/mol. The first-order valence-corrected chi connectivity index (χ1v) is 5.99. The molecule has 0 bridgehead atoms. The highest BCUT2D eigenvalue weighted by atomic mass is 35.5. The number of hydrogen-bond donors (Lipinski definition) is 3. The van der Waals surface area contributed by atoms with Gasteiger partial charge in [0.05, 0.1) is 0 Å². The van der Waals surface area contributed by atoms with E-state index in [0.29, 0.717) is 13.1 Å². The highest BCUT2D eigenvalue weighted by Crippen LogP contribution is 2.24. The van der Waals surface area contributed by atoms with Crippen molar-refractivity contribution in [1.29, 1.82) is 0 Å². The van der Waals surface area contributed by atoms with Crippen LogP contribution in [0.4, 0.5) is 0 Å². The van der Waals surface area contributed by atoms with Gasteiger partial charge in [0.1, 0.15) is 0 Å². The largest absolute Gasteiger partial charge is 0.504 e. The van der Waals surface area contributed by atoms with Crippen molar-refractivity contribution in [3.63, 3.8) is 0 Å². The molecule has 0 heterocycles. The second kappa shape index (κ2) is 5.76. The highest BCUT2D eigenvalue weighted by Gasteiger charge is 2.01. The molecule has 4 heteroatoms. The van der Waals surface area contributed by atoms with E-state index in [2.05, 4.69) is 5.32 Å². The molecule has 2 rings (SSSR count). The van der Waals surface area contributed by atoms with Crippen molar-refractivity contribution in [2.24, 2.45) is 0 Å². The lowest BCUT2D eigenvalue weighted by Crippen LogP contribution is -2.12. The van der Waals surface area contributed by atoms with Crippen LogP contribution in [0.2, 0.25) is 5.02 Å². The van der Waals surface area contributed by atoms with Gasteiger partial charge in [-0.05, 0) is 29.3 Å². The van der Waals surface area contributed by atoms with Crippen LogP contribution in [0.15, 0.2) is 42.5 Å². The van der Waals surface area contributed by atoms with Gasteiger partial charge in [-0.3, -0.25) is 0 Å². The molecule has 0 spiro atoms. The molecule has 0 radical (unpaired) electrons. The maximum atomic E-state index is 9.36. The number of phenols is 2. The van der Waals surface area contributed by atoms with E-state index in [1.54, 1.807) is 6.07 Å². The number of nitrogens with one attached hydrogen (secondary N) is 1. The van der Waals surface area contributed by atoms with Gasteiger partial charge in [-0.15, -0.1) is 0 Å². The standard InChI is InChI=1S/C14H14ClNO2/c15-12-4-2-1-3-11(12)9-16-8-10-5-6-13(17)14(18)7-10/h1-7,16-18H,8-9H2. The number of aromatic hydroxyl groups is 2. The van der Waals surface area contributed by atoms with E-state index >= 15 is 0 Å². The summed E-state index contributed by atoms with van der Waals surface area (Å²) in [7, 11) is 0. The number of rotatable bonds is 4. The van der Waals surface area contributed by atoms with Crippen molar-refractivity contribution in [2.45, 2.75) is 13.1 Å². The molecule has 0 atom stereocenters. The van der Waals surface area contributed by atoms with Gasteiger partial charge in [-0.2, -0.15) is 0 Å². The summed E-state index contributed by atoms with van der Waals surface area (Å²) in [5.41, 5.74) is 1.93. The Morgan fingerprint density at radius 1 is 0.944 bits per heavy atom. The van der Waals surface area contributed by atoms with Crippen LogP contribution in [-0.2, 0) is 13.1 Å². The fourth-order valence-corrected chi connectivity index (χ4v) is 1.86. The number of hydrogen-bond acceptors (Lipinski definition) is 3. The lowest BCUT2D eigenvalue weighted by Gasteiger charge is -2.07. The van der Waals surface area contributed by atoms with Gasteiger partial charge in [-0.25, -0.2) is 0 Å². The molecule has 0 aromatic heterocycles. The van der Waals surface area contributed by atoms with E-state index in [4.69, 9.17) is 11.6 Å². The van der Waals surface area contributed by atoms with Crippen LogP contribution < -0.4 is 5.32 Å². The Bertz CT molecular complexity index is 543. The number of phenolic OH excluding ortho intramolecular Hbond substituents is 2. The third kappa shape index (κ3) is 3.15. The summed E-state index contributed by atoms with van der Waals surface area (Å²) in [6.07, 6.45) is 0. The molecule has 0 aliphatic heterocycles. The fraction of sp³-hybridized carbons (Fsp3) is 0.143. The first-order valence-electron chi connectivity index (χ1n) is 5.62. The fourth-order valence-electron chi connectivity index (χ4n) is 1.66. The lowest BCUT2D eigenvalue weighted by atomic mass is 10.2. The normalized spacial score (nSPS) is 10.5. The summed E-state index contributed by atoms with van der Waals surface area (Å²) in [6, 6.07) is 12.4.